The monoisotopic (exact) mass is 363 g/mol. The first kappa shape index (κ1) is 19.0. The summed E-state index contributed by atoms with van der Waals surface area (Å²) in [5.74, 6) is -0.128. The van der Waals surface area contributed by atoms with Gasteiger partial charge in [0.2, 0.25) is 5.91 Å². The molecule has 0 aliphatic carbocycles. The summed E-state index contributed by atoms with van der Waals surface area (Å²) < 4.78 is 0. The third-order valence-corrected chi connectivity index (χ3v) is 4.26. The first-order chi connectivity index (χ1) is 12.9. The first-order valence-corrected chi connectivity index (χ1v) is 8.68. The Morgan fingerprint density at radius 1 is 1.11 bits per heavy atom. The fourth-order valence-corrected chi connectivity index (χ4v) is 3.05. The molecule has 138 valence electrons. The molecule has 1 amide bonds. The van der Waals surface area contributed by atoms with Gasteiger partial charge in [-0.1, -0.05) is 24.3 Å². The largest absolute Gasteiger partial charge is 0.488 e. The van der Waals surface area contributed by atoms with Gasteiger partial charge in [0.25, 0.3) is 0 Å². The normalized spacial score (nSPS) is 11.0. The minimum Gasteiger partial charge on any atom is -0.423 e. The van der Waals surface area contributed by atoms with Crippen LogP contribution in [0.5, 0.6) is 0 Å². The Morgan fingerprint density at radius 3 is 2.67 bits per heavy atom. The van der Waals surface area contributed by atoms with E-state index in [1.165, 1.54) is 0 Å². The van der Waals surface area contributed by atoms with Gasteiger partial charge in [0.15, 0.2) is 0 Å². The summed E-state index contributed by atoms with van der Waals surface area (Å²) in [4.78, 5) is 18.5. The van der Waals surface area contributed by atoms with E-state index in [-0.39, 0.29) is 12.3 Å². The van der Waals surface area contributed by atoms with Crippen LogP contribution in [0.25, 0.3) is 10.8 Å². The number of carbonyl (C=O) groups excluding carboxylic acids is 1. The Labute approximate surface area is 158 Å². The van der Waals surface area contributed by atoms with Crippen LogP contribution in [0, 0.1) is 0 Å². The van der Waals surface area contributed by atoms with Crippen molar-refractivity contribution in [3.63, 3.8) is 0 Å². The predicted octanol–water partition coefficient (Wildman–Crippen LogP) is 1.16. The maximum atomic E-state index is 12.4. The zero-order valence-corrected chi connectivity index (χ0v) is 15.4. The molecule has 6 nitrogen and oxygen atoms in total. The first-order valence-electron chi connectivity index (χ1n) is 8.68. The minimum absolute atomic E-state index is 0.128. The molecule has 3 N–H and O–H groups in total. The number of benzene rings is 2. The summed E-state index contributed by atoms with van der Waals surface area (Å²) in [6, 6.07) is 12.8. The Bertz CT molecular complexity index is 960. The highest BCUT2D eigenvalue weighted by molar-refractivity contribution is 6.59. The van der Waals surface area contributed by atoms with Crippen molar-refractivity contribution >= 4 is 34.9 Å². The van der Waals surface area contributed by atoms with Crippen molar-refractivity contribution < 1.29 is 14.8 Å². The molecule has 1 heterocycles. The van der Waals surface area contributed by atoms with Crippen molar-refractivity contribution in [1.82, 2.24) is 9.88 Å². The molecular weight excluding hydrogens is 341 g/mol. The fraction of sp³-hybridized carbons (Fsp3) is 0.200. The number of hydrogen-bond donors (Lipinski definition) is 3. The number of rotatable bonds is 6. The molecule has 0 aliphatic heterocycles. The van der Waals surface area contributed by atoms with Crippen LogP contribution in [0.3, 0.4) is 0 Å². The van der Waals surface area contributed by atoms with Gasteiger partial charge >= 0.3 is 7.12 Å². The number of anilines is 1. The lowest BCUT2D eigenvalue weighted by molar-refractivity contribution is -0.115. The highest BCUT2D eigenvalue weighted by atomic mass is 16.4. The second kappa shape index (κ2) is 8.31. The number of amides is 1. The van der Waals surface area contributed by atoms with Crippen LogP contribution in [0.4, 0.5) is 5.69 Å². The van der Waals surface area contributed by atoms with Crippen molar-refractivity contribution in [1.29, 1.82) is 0 Å². The molecule has 0 saturated carbocycles. The Morgan fingerprint density at radius 2 is 1.93 bits per heavy atom. The molecule has 0 unspecified atom stereocenters. The Hall–Kier alpha value is -2.74. The zero-order chi connectivity index (χ0) is 19.4. The number of hydrogen-bond acceptors (Lipinski definition) is 5. The topological polar surface area (TPSA) is 85.7 Å². The summed E-state index contributed by atoms with van der Waals surface area (Å²) in [6.07, 6.45) is 3.71. The molecule has 0 fully saturated rings. The van der Waals surface area contributed by atoms with Crippen molar-refractivity contribution in [2.24, 2.45) is 0 Å². The molecule has 27 heavy (non-hydrogen) atoms. The number of nitrogens with zero attached hydrogens (tertiary/aromatic N) is 2. The molecule has 3 aromatic rings. The molecular formula is C20H22BN3O3. The summed E-state index contributed by atoms with van der Waals surface area (Å²) in [6.45, 7) is 0.557. The van der Waals surface area contributed by atoms with Gasteiger partial charge in [-0.2, -0.15) is 0 Å². The molecule has 3 rings (SSSR count). The quantitative estimate of drug-likeness (QED) is 0.573. The molecule has 1 aromatic heterocycles. The van der Waals surface area contributed by atoms with Gasteiger partial charge in [-0.25, -0.2) is 0 Å². The molecule has 0 spiro atoms. The van der Waals surface area contributed by atoms with Gasteiger partial charge < -0.3 is 20.3 Å². The lowest BCUT2D eigenvalue weighted by atomic mass is 9.76. The standard InChI is InChI=1S/C20H22BN3O3/c1-24(2)13-17-9-14(3-6-19(17)21(26)27)10-20(25)23-18-5-4-16-12-22-8-7-15(16)11-18/h3-9,11-12,26-27H,10,13H2,1-2H3,(H,23,25). The molecule has 2 aromatic carbocycles. The summed E-state index contributed by atoms with van der Waals surface area (Å²) in [7, 11) is 2.28. The van der Waals surface area contributed by atoms with E-state index in [2.05, 4.69) is 10.3 Å². The van der Waals surface area contributed by atoms with E-state index in [9.17, 15) is 14.8 Å². The van der Waals surface area contributed by atoms with Crippen LogP contribution in [0.1, 0.15) is 11.1 Å². The van der Waals surface area contributed by atoms with Crippen molar-refractivity contribution in [3.8, 4) is 0 Å². The van der Waals surface area contributed by atoms with Crippen LogP contribution < -0.4 is 10.8 Å². The fourth-order valence-electron chi connectivity index (χ4n) is 3.05. The van der Waals surface area contributed by atoms with E-state index < -0.39 is 7.12 Å². The predicted molar refractivity (Wildman–Crippen MR) is 108 cm³/mol. The van der Waals surface area contributed by atoms with E-state index >= 15 is 0 Å². The SMILES string of the molecule is CN(C)Cc1cc(CC(=O)Nc2ccc3cnccc3c2)ccc1B(O)O. The van der Waals surface area contributed by atoms with Crippen LogP contribution in [-0.4, -0.2) is 47.1 Å². The zero-order valence-electron chi connectivity index (χ0n) is 15.4. The Kier molecular flexibility index (Phi) is 5.86. The molecule has 0 saturated heterocycles. The second-order valence-corrected chi connectivity index (χ2v) is 6.81. The van der Waals surface area contributed by atoms with Crippen molar-refractivity contribution in [2.75, 3.05) is 19.4 Å². The van der Waals surface area contributed by atoms with E-state index in [1.54, 1.807) is 24.5 Å². The number of fused-ring (bicyclic) bond motifs is 1. The highest BCUT2D eigenvalue weighted by Gasteiger charge is 2.17. The average molecular weight is 363 g/mol. The second-order valence-electron chi connectivity index (χ2n) is 6.81. The van der Waals surface area contributed by atoms with Gasteiger partial charge in [-0.05, 0) is 54.3 Å². The number of nitrogens with one attached hydrogen (secondary N) is 1. The lowest BCUT2D eigenvalue weighted by Crippen LogP contribution is -2.35. The summed E-state index contributed by atoms with van der Waals surface area (Å²) in [5, 5.41) is 24.0. The number of aromatic nitrogens is 1. The molecule has 0 radical (unpaired) electrons. The van der Waals surface area contributed by atoms with E-state index in [0.29, 0.717) is 12.0 Å². The van der Waals surface area contributed by atoms with Gasteiger partial charge in [-0.3, -0.25) is 9.78 Å². The molecule has 0 atom stereocenters. The summed E-state index contributed by atoms with van der Waals surface area (Å²) >= 11 is 0. The highest BCUT2D eigenvalue weighted by Crippen LogP contribution is 2.18. The number of carbonyl (C=O) groups is 1. The van der Waals surface area contributed by atoms with Gasteiger partial charge in [0.1, 0.15) is 0 Å². The lowest BCUT2D eigenvalue weighted by Gasteiger charge is -2.15. The van der Waals surface area contributed by atoms with E-state index in [1.807, 2.05) is 49.3 Å². The van der Waals surface area contributed by atoms with Crippen LogP contribution >= 0.6 is 0 Å². The minimum atomic E-state index is -1.53. The molecule has 7 heteroatoms. The van der Waals surface area contributed by atoms with E-state index in [4.69, 9.17) is 0 Å². The van der Waals surface area contributed by atoms with E-state index in [0.717, 1.165) is 27.6 Å². The number of pyridine rings is 1. The Balaban J connectivity index is 1.74. The summed E-state index contributed by atoms with van der Waals surface area (Å²) in [5.41, 5.74) is 2.79. The third-order valence-electron chi connectivity index (χ3n) is 4.26. The van der Waals surface area contributed by atoms with Crippen molar-refractivity contribution in [2.45, 2.75) is 13.0 Å². The molecule has 0 bridgehead atoms. The van der Waals surface area contributed by atoms with Gasteiger partial charge in [-0.15, -0.1) is 0 Å². The average Bonchev–Trinajstić information content (AvgIpc) is 2.61. The van der Waals surface area contributed by atoms with Crippen LogP contribution in [0.15, 0.2) is 54.9 Å². The third kappa shape index (κ3) is 4.92. The van der Waals surface area contributed by atoms with Crippen LogP contribution in [0.2, 0.25) is 0 Å². The van der Waals surface area contributed by atoms with Crippen molar-refractivity contribution in [3.05, 3.63) is 66.0 Å². The molecule has 0 aliphatic rings. The van der Waals surface area contributed by atoms with Crippen LogP contribution in [-0.2, 0) is 17.8 Å². The maximum Gasteiger partial charge on any atom is 0.488 e. The van der Waals surface area contributed by atoms with Gasteiger partial charge in [0.05, 0.1) is 6.42 Å². The maximum absolute atomic E-state index is 12.4. The van der Waals surface area contributed by atoms with Gasteiger partial charge in [0, 0.05) is 30.0 Å². The smallest absolute Gasteiger partial charge is 0.423 e.